The number of hydrogen-bond donors (Lipinski definition) is 5. The average molecular weight is 383 g/mol. The highest BCUT2D eigenvalue weighted by Gasteiger charge is 2.41. The van der Waals surface area contributed by atoms with Gasteiger partial charge in [-0.15, -0.1) is 0 Å². The summed E-state index contributed by atoms with van der Waals surface area (Å²) in [5.41, 5.74) is 5.60. The van der Waals surface area contributed by atoms with E-state index < -0.39 is 36.6 Å². The van der Waals surface area contributed by atoms with Crippen molar-refractivity contribution in [2.45, 2.75) is 37.6 Å². The molecule has 3 rings (SSSR count). The Balaban J connectivity index is 1.61. The SMILES string of the molecule is C[C@H]1O[C@@H](NNC(=O)c2ccc(-c3ccc(Cl)cc3)o2)[C@H](O)[C@@H](O)[C@H]1O. The molecule has 9 heteroatoms. The number of nitrogens with one attached hydrogen (secondary N) is 2. The third-order valence-electron chi connectivity index (χ3n) is 4.14. The van der Waals surface area contributed by atoms with E-state index in [9.17, 15) is 20.1 Å². The molecule has 0 aliphatic carbocycles. The maximum Gasteiger partial charge on any atom is 0.301 e. The number of furan rings is 1. The van der Waals surface area contributed by atoms with Crippen molar-refractivity contribution >= 4 is 17.5 Å². The molecule has 1 fully saturated rings. The van der Waals surface area contributed by atoms with Crippen molar-refractivity contribution in [2.24, 2.45) is 0 Å². The number of hydrazine groups is 1. The zero-order chi connectivity index (χ0) is 18.8. The molecule has 0 radical (unpaired) electrons. The van der Waals surface area contributed by atoms with Gasteiger partial charge < -0.3 is 24.5 Å². The number of carbonyl (C=O) groups excluding carboxylic acids is 1. The first-order chi connectivity index (χ1) is 12.4. The molecule has 1 saturated heterocycles. The number of carbonyl (C=O) groups is 1. The summed E-state index contributed by atoms with van der Waals surface area (Å²) < 4.78 is 10.8. The van der Waals surface area contributed by atoms with E-state index in [0.29, 0.717) is 10.8 Å². The van der Waals surface area contributed by atoms with Gasteiger partial charge in [0.1, 0.15) is 24.1 Å². The Hall–Kier alpha value is -1.94. The van der Waals surface area contributed by atoms with Gasteiger partial charge in [0, 0.05) is 10.6 Å². The van der Waals surface area contributed by atoms with Gasteiger partial charge in [0.15, 0.2) is 12.0 Å². The Morgan fingerprint density at radius 1 is 1.04 bits per heavy atom. The lowest BCUT2D eigenvalue weighted by atomic mass is 9.99. The van der Waals surface area contributed by atoms with Crippen molar-refractivity contribution in [1.29, 1.82) is 0 Å². The highest BCUT2D eigenvalue weighted by atomic mass is 35.5. The molecule has 1 aromatic heterocycles. The molecule has 0 bridgehead atoms. The molecule has 0 saturated carbocycles. The topological polar surface area (TPSA) is 124 Å². The first-order valence-electron chi connectivity index (χ1n) is 7.98. The van der Waals surface area contributed by atoms with E-state index in [0.717, 1.165) is 5.56 Å². The fourth-order valence-corrected chi connectivity index (χ4v) is 2.72. The van der Waals surface area contributed by atoms with Crippen LogP contribution >= 0.6 is 11.6 Å². The van der Waals surface area contributed by atoms with Gasteiger partial charge in [-0.25, -0.2) is 5.43 Å². The second-order valence-electron chi connectivity index (χ2n) is 6.00. The van der Waals surface area contributed by atoms with E-state index in [2.05, 4.69) is 10.9 Å². The van der Waals surface area contributed by atoms with Gasteiger partial charge in [-0.2, -0.15) is 0 Å². The van der Waals surface area contributed by atoms with E-state index in [4.69, 9.17) is 20.8 Å². The van der Waals surface area contributed by atoms with Crippen molar-refractivity contribution in [3.8, 4) is 11.3 Å². The lowest BCUT2D eigenvalue weighted by molar-refractivity contribution is -0.226. The minimum absolute atomic E-state index is 0.0429. The number of ether oxygens (including phenoxy) is 1. The molecule has 0 unspecified atom stereocenters. The fourth-order valence-electron chi connectivity index (χ4n) is 2.60. The number of benzene rings is 1. The van der Waals surface area contributed by atoms with Crippen LogP contribution in [0.1, 0.15) is 17.5 Å². The Kier molecular flexibility index (Phi) is 5.61. The van der Waals surface area contributed by atoms with Gasteiger partial charge in [0.05, 0.1) is 6.10 Å². The van der Waals surface area contributed by atoms with Crippen molar-refractivity contribution in [1.82, 2.24) is 10.9 Å². The zero-order valence-corrected chi connectivity index (χ0v) is 14.6. The normalized spacial score (nSPS) is 28.7. The quantitative estimate of drug-likeness (QED) is 0.492. The van der Waals surface area contributed by atoms with Crippen LogP contribution in [0.25, 0.3) is 11.3 Å². The maximum absolute atomic E-state index is 12.2. The number of aliphatic hydroxyl groups excluding tert-OH is 3. The zero-order valence-electron chi connectivity index (χ0n) is 13.8. The van der Waals surface area contributed by atoms with Gasteiger partial charge in [0.25, 0.3) is 0 Å². The van der Waals surface area contributed by atoms with Crippen molar-refractivity contribution in [2.75, 3.05) is 0 Å². The molecular weight excluding hydrogens is 364 g/mol. The van der Waals surface area contributed by atoms with Gasteiger partial charge in [-0.1, -0.05) is 11.6 Å². The molecule has 0 spiro atoms. The Morgan fingerprint density at radius 2 is 1.73 bits per heavy atom. The van der Waals surface area contributed by atoms with Crippen LogP contribution in [0.2, 0.25) is 5.02 Å². The third kappa shape index (κ3) is 3.90. The summed E-state index contributed by atoms with van der Waals surface area (Å²) in [6.45, 7) is 1.54. The van der Waals surface area contributed by atoms with Crippen LogP contribution in [0, 0.1) is 0 Å². The highest BCUT2D eigenvalue weighted by molar-refractivity contribution is 6.30. The molecule has 26 heavy (non-hydrogen) atoms. The Morgan fingerprint density at radius 3 is 2.42 bits per heavy atom. The molecular formula is C17H19ClN2O6. The molecule has 1 aromatic carbocycles. The predicted octanol–water partition coefficient (Wildman–Crippen LogP) is 0.662. The second-order valence-corrected chi connectivity index (χ2v) is 6.44. The largest absolute Gasteiger partial charge is 0.451 e. The lowest BCUT2D eigenvalue weighted by Crippen LogP contribution is -2.63. The monoisotopic (exact) mass is 382 g/mol. The standard InChI is InChI=1S/C17H19ClN2O6/c1-8-13(21)14(22)15(23)17(25-8)20-19-16(24)12-7-6-11(26-12)9-2-4-10(18)5-3-9/h2-8,13-15,17,20-23H,1H3,(H,19,24)/t8-,13+,14+,15-,17-/m1/s1. The maximum atomic E-state index is 12.2. The van der Waals surface area contributed by atoms with Crippen LogP contribution in [0.15, 0.2) is 40.8 Å². The lowest BCUT2D eigenvalue weighted by Gasteiger charge is -2.39. The molecule has 1 aliphatic rings. The number of hydrogen-bond acceptors (Lipinski definition) is 7. The second kappa shape index (κ2) is 7.75. The Labute approximate surface area is 154 Å². The van der Waals surface area contributed by atoms with Gasteiger partial charge >= 0.3 is 5.91 Å². The average Bonchev–Trinajstić information content (AvgIpc) is 3.12. The molecule has 2 heterocycles. The van der Waals surface area contributed by atoms with E-state index in [1.165, 1.54) is 6.07 Å². The van der Waals surface area contributed by atoms with Crippen LogP contribution < -0.4 is 10.9 Å². The van der Waals surface area contributed by atoms with Crippen LogP contribution in [-0.2, 0) is 4.74 Å². The summed E-state index contributed by atoms with van der Waals surface area (Å²) in [5, 5.41) is 29.9. The van der Waals surface area contributed by atoms with E-state index in [-0.39, 0.29) is 5.76 Å². The van der Waals surface area contributed by atoms with Crippen molar-refractivity contribution in [3.63, 3.8) is 0 Å². The minimum atomic E-state index is -1.41. The van der Waals surface area contributed by atoms with E-state index in [1.807, 2.05) is 0 Å². The first-order valence-corrected chi connectivity index (χ1v) is 8.36. The van der Waals surface area contributed by atoms with Crippen LogP contribution in [0.3, 0.4) is 0 Å². The fraction of sp³-hybridized carbons (Fsp3) is 0.353. The molecule has 1 aliphatic heterocycles. The van der Waals surface area contributed by atoms with E-state index >= 15 is 0 Å². The molecule has 8 nitrogen and oxygen atoms in total. The number of rotatable bonds is 4. The Bertz CT molecular complexity index is 765. The molecule has 1 amide bonds. The molecule has 5 N–H and O–H groups in total. The summed E-state index contributed by atoms with van der Waals surface area (Å²) in [6.07, 6.45) is -5.83. The number of aliphatic hydroxyl groups is 3. The summed E-state index contributed by atoms with van der Waals surface area (Å²) in [7, 11) is 0. The molecule has 5 atom stereocenters. The summed E-state index contributed by atoms with van der Waals surface area (Å²) in [4.78, 5) is 12.2. The summed E-state index contributed by atoms with van der Waals surface area (Å²) in [5.74, 6) is -0.0522. The predicted molar refractivity (Wildman–Crippen MR) is 92.1 cm³/mol. The van der Waals surface area contributed by atoms with Crippen LogP contribution in [0.4, 0.5) is 0 Å². The highest BCUT2D eigenvalue weighted by Crippen LogP contribution is 2.24. The van der Waals surface area contributed by atoms with Gasteiger partial charge in [0.2, 0.25) is 0 Å². The smallest absolute Gasteiger partial charge is 0.301 e. The van der Waals surface area contributed by atoms with Crippen LogP contribution in [0.5, 0.6) is 0 Å². The molecule has 140 valence electrons. The van der Waals surface area contributed by atoms with Crippen molar-refractivity contribution < 1.29 is 29.3 Å². The summed E-state index contributed by atoms with van der Waals surface area (Å²) in [6, 6.07) is 10.1. The van der Waals surface area contributed by atoms with Gasteiger partial charge in [-0.05, 0) is 43.3 Å². The first kappa shape index (κ1) is 18.8. The number of amides is 1. The molecule has 2 aromatic rings. The van der Waals surface area contributed by atoms with Gasteiger partial charge in [-0.3, -0.25) is 10.2 Å². The van der Waals surface area contributed by atoms with E-state index in [1.54, 1.807) is 37.3 Å². The number of halogens is 1. The summed E-state index contributed by atoms with van der Waals surface area (Å²) >= 11 is 5.84. The van der Waals surface area contributed by atoms with Crippen LogP contribution in [-0.4, -0.2) is 51.9 Å². The van der Waals surface area contributed by atoms with Crippen molar-refractivity contribution in [3.05, 3.63) is 47.2 Å². The minimum Gasteiger partial charge on any atom is -0.451 e. The third-order valence-corrected chi connectivity index (χ3v) is 4.39.